The average molecular weight is 443 g/mol. The zero-order valence-electron chi connectivity index (χ0n) is 15.9. The standard InChI is InChI=1S/C18H19BrN8O/c1-10-16(11(2)28-24-10)14-8-15(18(3,4)25-23-14)22-12-7-13(19)17(20-9-12)27-6-5-21-26-27/h5-9,23,25H,1-4H3. The molecule has 0 fully saturated rings. The van der Waals surface area contributed by atoms with Gasteiger partial charge in [-0.3, -0.25) is 0 Å². The van der Waals surface area contributed by atoms with Gasteiger partial charge in [0.2, 0.25) is 0 Å². The fourth-order valence-corrected chi connectivity index (χ4v) is 3.44. The van der Waals surface area contributed by atoms with E-state index in [2.05, 4.69) is 47.2 Å². The van der Waals surface area contributed by atoms with Crippen molar-refractivity contribution in [2.75, 3.05) is 0 Å². The van der Waals surface area contributed by atoms with Crippen LogP contribution in [0.3, 0.4) is 0 Å². The number of hydrazine groups is 1. The number of nitrogens with one attached hydrogen (secondary N) is 2. The summed E-state index contributed by atoms with van der Waals surface area (Å²) in [6, 6.07) is 1.90. The van der Waals surface area contributed by atoms with Crippen molar-refractivity contribution in [3.05, 3.63) is 52.2 Å². The molecule has 2 N–H and O–H groups in total. The molecule has 0 spiro atoms. The second-order valence-corrected chi connectivity index (χ2v) is 7.83. The van der Waals surface area contributed by atoms with Crippen molar-refractivity contribution in [1.82, 2.24) is 36.0 Å². The van der Waals surface area contributed by atoms with Crippen LogP contribution in [-0.2, 0) is 0 Å². The minimum Gasteiger partial charge on any atom is -0.361 e. The maximum Gasteiger partial charge on any atom is 0.169 e. The third-order valence-corrected chi connectivity index (χ3v) is 5.01. The minimum absolute atomic E-state index is 0.389. The summed E-state index contributed by atoms with van der Waals surface area (Å²) >= 11 is 3.54. The Labute approximate surface area is 170 Å². The van der Waals surface area contributed by atoms with Crippen molar-refractivity contribution in [1.29, 1.82) is 0 Å². The molecule has 4 heterocycles. The predicted octanol–water partition coefficient (Wildman–Crippen LogP) is 3.03. The molecule has 1 aliphatic heterocycles. The second-order valence-electron chi connectivity index (χ2n) is 6.98. The van der Waals surface area contributed by atoms with Crippen molar-refractivity contribution in [2.45, 2.75) is 33.2 Å². The Hall–Kier alpha value is -2.85. The SMILES string of the molecule is Cc1noc(C)c1C1=CC(=Nc2cnc(-n3ccnn3)c(Br)c2)C(C)(C)NN1. The van der Waals surface area contributed by atoms with Gasteiger partial charge in [0.1, 0.15) is 5.76 Å². The molecule has 0 amide bonds. The van der Waals surface area contributed by atoms with E-state index in [-0.39, 0.29) is 5.54 Å². The molecule has 9 nitrogen and oxygen atoms in total. The van der Waals surface area contributed by atoms with Gasteiger partial charge in [0.25, 0.3) is 0 Å². The highest BCUT2D eigenvalue weighted by molar-refractivity contribution is 9.10. The summed E-state index contributed by atoms with van der Waals surface area (Å²) in [6.07, 6.45) is 7.04. The van der Waals surface area contributed by atoms with Crippen LogP contribution < -0.4 is 10.9 Å². The van der Waals surface area contributed by atoms with Gasteiger partial charge in [-0.2, -0.15) is 0 Å². The monoisotopic (exact) mass is 442 g/mol. The number of hydrogen-bond acceptors (Lipinski definition) is 8. The van der Waals surface area contributed by atoms with Crippen LogP contribution in [-0.4, -0.2) is 36.4 Å². The maximum atomic E-state index is 5.29. The lowest BCUT2D eigenvalue weighted by atomic mass is 9.94. The number of nitrogens with zero attached hydrogens (tertiary/aromatic N) is 6. The quantitative estimate of drug-likeness (QED) is 0.641. The molecule has 0 saturated carbocycles. The molecule has 0 bridgehead atoms. The van der Waals surface area contributed by atoms with Crippen LogP contribution in [0.1, 0.15) is 30.9 Å². The molecular weight excluding hydrogens is 424 g/mol. The summed E-state index contributed by atoms with van der Waals surface area (Å²) in [5.74, 6) is 1.40. The van der Waals surface area contributed by atoms with Gasteiger partial charge < -0.3 is 9.95 Å². The molecule has 0 aliphatic carbocycles. The van der Waals surface area contributed by atoms with E-state index < -0.39 is 0 Å². The molecule has 28 heavy (non-hydrogen) atoms. The van der Waals surface area contributed by atoms with Crippen LogP contribution >= 0.6 is 15.9 Å². The number of hydrogen-bond donors (Lipinski definition) is 2. The third kappa shape index (κ3) is 3.36. The Balaban J connectivity index is 1.74. The highest BCUT2D eigenvalue weighted by Crippen LogP contribution is 2.28. The van der Waals surface area contributed by atoms with Crippen LogP contribution in [0.25, 0.3) is 11.5 Å². The zero-order chi connectivity index (χ0) is 19.9. The normalized spacial score (nSPS) is 17.5. The van der Waals surface area contributed by atoms with Crippen molar-refractivity contribution in [2.24, 2.45) is 4.99 Å². The van der Waals surface area contributed by atoms with E-state index in [1.165, 1.54) is 0 Å². The average Bonchev–Trinajstić information content (AvgIpc) is 3.28. The topological polar surface area (TPSA) is 106 Å². The van der Waals surface area contributed by atoms with E-state index in [0.717, 1.165) is 38.6 Å². The van der Waals surface area contributed by atoms with Crippen LogP contribution in [0.5, 0.6) is 0 Å². The molecule has 1 aliphatic rings. The Morgan fingerprint density at radius 1 is 1.29 bits per heavy atom. The molecule has 4 rings (SSSR count). The molecule has 10 heteroatoms. The van der Waals surface area contributed by atoms with Gasteiger partial charge in [0.05, 0.1) is 57.0 Å². The zero-order valence-corrected chi connectivity index (χ0v) is 17.4. The molecule has 3 aromatic rings. The van der Waals surface area contributed by atoms with Crippen LogP contribution in [0.2, 0.25) is 0 Å². The molecule has 0 unspecified atom stereocenters. The van der Waals surface area contributed by atoms with Crippen LogP contribution in [0.4, 0.5) is 5.69 Å². The van der Waals surface area contributed by atoms with Crippen LogP contribution in [0, 0.1) is 13.8 Å². The maximum absolute atomic E-state index is 5.29. The summed E-state index contributed by atoms with van der Waals surface area (Å²) in [5, 5.41) is 11.8. The minimum atomic E-state index is -0.389. The van der Waals surface area contributed by atoms with E-state index in [1.54, 1.807) is 23.3 Å². The smallest absolute Gasteiger partial charge is 0.169 e. The molecular formula is C18H19BrN8O. The van der Waals surface area contributed by atoms with Crippen molar-refractivity contribution in [3.63, 3.8) is 0 Å². The van der Waals surface area contributed by atoms with Crippen molar-refractivity contribution >= 4 is 33.0 Å². The summed E-state index contributed by atoms with van der Waals surface area (Å²) in [6.45, 7) is 7.89. The van der Waals surface area contributed by atoms with E-state index >= 15 is 0 Å². The lowest BCUT2D eigenvalue weighted by Gasteiger charge is -2.33. The first-order valence-electron chi connectivity index (χ1n) is 8.65. The van der Waals surface area contributed by atoms with Gasteiger partial charge in [-0.05, 0) is 55.8 Å². The summed E-state index contributed by atoms with van der Waals surface area (Å²) < 4.78 is 7.65. The number of aromatic nitrogens is 5. The number of halogens is 1. The van der Waals surface area contributed by atoms with Gasteiger partial charge >= 0.3 is 0 Å². The highest BCUT2D eigenvalue weighted by atomic mass is 79.9. The first-order valence-corrected chi connectivity index (χ1v) is 9.44. The largest absolute Gasteiger partial charge is 0.361 e. The Morgan fingerprint density at radius 2 is 2.11 bits per heavy atom. The van der Waals surface area contributed by atoms with Crippen molar-refractivity contribution in [3.8, 4) is 5.82 Å². The third-order valence-electron chi connectivity index (χ3n) is 4.43. The van der Waals surface area contributed by atoms with Gasteiger partial charge in [0.15, 0.2) is 5.82 Å². The highest BCUT2D eigenvalue weighted by Gasteiger charge is 2.30. The van der Waals surface area contributed by atoms with Gasteiger partial charge in [-0.1, -0.05) is 10.4 Å². The number of aliphatic imine (C=N–C) groups is 1. The Bertz CT molecular complexity index is 1060. The predicted molar refractivity (Wildman–Crippen MR) is 108 cm³/mol. The molecule has 3 aromatic heterocycles. The molecule has 0 aromatic carbocycles. The van der Waals surface area contributed by atoms with Gasteiger partial charge in [-0.15, -0.1) is 5.10 Å². The van der Waals surface area contributed by atoms with E-state index in [9.17, 15) is 0 Å². The van der Waals surface area contributed by atoms with Crippen molar-refractivity contribution < 1.29 is 4.52 Å². The van der Waals surface area contributed by atoms with E-state index in [4.69, 9.17) is 9.52 Å². The molecule has 0 atom stereocenters. The fourth-order valence-electron chi connectivity index (χ4n) is 2.93. The number of pyridine rings is 1. The number of rotatable bonds is 3. The summed E-state index contributed by atoms with van der Waals surface area (Å²) in [7, 11) is 0. The lowest BCUT2D eigenvalue weighted by Crippen LogP contribution is -2.55. The number of aryl methyl sites for hydroxylation is 2. The lowest BCUT2D eigenvalue weighted by molar-refractivity contribution is 0.392. The first-order chi connectivity index (χ1) is 13.3. The second kappa shape index (κ2) is 6.95. The van der Waals surface area contributed by atoms with E-state index in [1.807, 2.05) is 39.8 Å². The summed E-state index contributed by atoms with van der Waals surface area (Å²) in [4.78, 5) is 9.28. The molecule has 144 valence electrons. The fraction of sp³-hybridized carbons (Fsp3) is 0.278. The molecule has 0 radical (unpaired) electrons. The Kier molecular flexibility index (Phi) is 4.60. The Morgan fingerprint density at radius 3 is 2.75 bits per heavy atom. The first kappa shape index (κ1) is 18.5. The van der Waals surface area contributed by atoms with Gasteiger partial charge in [-0.25, -0.2) is 20.1 Å². The summed E-state index contributed by atoms with van der Waals surface area (Å²) in [5.41, 5.74) is 10.3. The molecule has 0 saturated heterocycles. The van der Waals surface area contributed by atoms with Crippen LogP contribution in [0.15, 0.2) is 44.7 Å². The van der Waals surface area contributed by atoms with Gasteiger partial charge in [0, 0.05) is 0 Å². The van der Waals surface area contributed by atoms with E-state index in [0.29, 0.717) is 5.82 Å².